The Bertz CT molecular complexity index is 295. The Kier molecular flexibility index (Phi) is 3.73. The molecule has 2 N–H and O–H groups in total. The van der Waals surface area contributed by atoms with E-state index in [9.17, 15) is 4.79 Å². The Morgan fingerprint density at radius 2 is 2.18 bits per heavy atom. The fraction of sp³-hybridized carbons (Fsp3) is 0.923. The van der Waals surface area contributed by atoms with Gasteiger partial charge >= 0.3 is 0 Å². The number of carbonyl (C=O) groups is 1. The molecule has 0 spiro atoms. The lowest BCUT2D eigenvalue weighted by atomic mass is 9.83. The largest absolute Gasteiger partial charge is 0.380 e. The van der Waals surface area contributed by atoms with Crippen LogP contribution in [0.5, 0.6) is 0 Å². The second-order valence-electron chi connectivity index (χ2n) is 5.67. The van der Waals surface area contributed by atoms with E-state index in [1.165, 1.54) is 0 Å². The molecule has 3 unspecified atom stereocenters. The highest BCUT2D eigenvalue weighted by Gasteiger charge is 2.45. The van der Waals surface area contributed by atoms with Gasteiger partial charge in [-0.3, -0.25) is 4.79 Å². The first-order valence-electron chi connectivity index (χ1n) is 6.65. The number of nitrogens with zero attached hydrogens (tertiary/aromatic N) is 1. The van der Waals surface area contributed by atoms with E-state index in [2.05, 4.69) is 0 Å². The third kappa shape index (κ3) is 2.33. The van der Waals surface area contributed by atoms with Gasteiger partial charge in [-0.05, 0) is 32.6 Å². The maximum atomic E-state index is 12.6. The van der Waals surface area contributed by atoms with E-state index >= 15 is 0 Å². The van der Waals surface area contributed by atoms with Crippen LogP contribution in [0.1, 0.15) is 39.0 Å². The summed E-state index contributed by atoms with van der Waals surface area (Å²) < 4.78 is 5.37. The Hall–Kier alpha value is -0.610. The van der Waals surface area contributed by atoms with Crippen molar-refractivity contribution in [2.24, 2.45) is 11.1 Å². The summed E-state index contributed by atoms with van der Waals surface area (Å²) >= 11 is 0. The molecule has 1 amide bonds. The molecule has 2 fully saturated rings. The zero-order valence-electron chi connectivity index (χ0n) is 10.9. The minimum Gasteiger partial charge on any atom is -0.380 e. The third-order valence-electron chi connectivity index (χ3n) is 4.52. The van der Waals surface area contributed by atoms with E-state index in [1.54, 1.807) is 7.11 Å². The van der Waals surface area contributed by atoms with Gasteiger partial charge in [0.05, 0.1) is 11.5 Å². The molecule has 1 saturated carbocycles. The summed E-state index contributed by atoms with van der Waals surface area (Å²) in [5, 5.41) is 0. The number of rotatable bonds is 2. The molecular formula is C13H24N2O2. The smallest absolute Gasteiger partial charge is 0.230 e. The number of piperidine rings is 1. The van der Waals surface area contributed by atoms with Crippen LogP contribution in [0.4, 0.5) is 0 Å². The Morgan fingerprint density at radius 1 is 1.41 bits per heavy atom. The number of ether oxygens (including phenoxy) is 1. The molecule has 4 heteroatoms. The molecule has 1 saturated heterocycles. The summed E-state index contributed by atoms with van der Waals surface area (Å²) in [6, 6.07) is 0.0259. The van der Waals surface area contributed by atoms with Crippen molar-refractivity contribution in [3.8, 4) is 0 Å². The standard InChI is InChI=1S/C13H24N2O2/c1-13(7-3-6-11(13)14)12(16)15-8-4-5-10(9-15)17-2/h10-11H,3-9,14H2,1-2H3. The predicted molar refractivity (Wildman–Crippen MR) is 66.5 cm³/mol. The van der Waals surface area contributed by atoms with E-state index in [-0.39, 0.29) is 23.5 Å². The van der Waals surface area contributed by atoms with Crippen LogP contribution in [-0.2, 0) is 9.53 Å². The van der Waals surface area contributed by atoms with Crippen molar-refractivity contribution in [1.82, 2.24) is 4.90 Å². The van der Waals surface area contributed by atoms with Crippen molar-refractivity contribution in [1.29, 1.82) is 0 Å². The summed E-state index contributed by atoms with van der Waals surface area (Å²) in [5.74, 6) is 0.240. The predicted octanol–water partition coefficient (Wildman–Crippen LogP) is 1.14. The first-order chi connectivity index (χ1) is 8.08. The number of hydrogen-bond donors (Lipinski definition) is 1. The average Bonchev–Trinajstić information content (AvgIpc) is 2.70. The summed E-state index contributed by atoms with van der Waals surface area (Å²) in [4.78, 5) is 14.5. The summed E-state index contributed by atoms with van der Waals surface area (Å²) in [7, 11) is 1.72. The Morgan fingerprint density at radius 3 is 2.76 bits per heavy atom. The van der Waals surface area contributed by atoms with Crippen molar-refractivity contribution in [3.05, 3.63) is 0 Å². The van der Waals surface area contributed by atoms with E-state index < -0.39 is 0 Å². The quantitative estimate of drug-likeness (QED) is 0.787. The molecule has 3 atom stereocenters. The minimum atomic E-state index is -0.338. The lowest BCUT2D eigenvalue weighted by Crippen LogP contribution is -2.53. The summed E-state index contributed by atoms with van der Waals surface area (Å²) in [6.07, 6.45) is 5.28. The fourth-order valence-electron chi connectivity index (χ4n) is 3.13. The third-order valence-corrected chi connectivity index (χ3v) is 4.52. The van der Waals surface area contributed by atoms with Gasteiger partial charge in [0, 0.05) is 26.2 Å². The van der Waals surface area contributed by atoms with Gasteiger partial charge in [-0.15, -0.1) is 0 Å². The number of likely N-dealkylation sites (tertiary alicyclic amines) is 1. The maximum absolute atomic E-state index is 12.6. The lowest BCUT2D eigenvalue weighted by molar-refractivity contribution is -0.145. The molecule has 0 aromatic rings. The first kappa shape index (κ1) is 12.8. The van der Waals surface area contributed by atoms with Gasteiger partial charge in [0.1, 0.15) is 0 Å². The lowest BCUT2D eigenvalue weighted by Gasteiger charge is -2.38. The topological polar surface area (TPSA) is 55.6 Å². The van der Waals surface area contributed by atoms with Gasteiger partial charge in [-0.1, -0.05) is 6.42 Å². The molecule has 0 aromatic heterocycles. The van der Waals surface area contributed by atoms with Crippen LogP contribution < -0.4 is 5.73 Å². The van der Waals surface area contributed by atoms with Crippen molar-refractivity contribution in [2.45, 2.75) is 51.2 Å². The average molecular weight is 240 g/mol. The number of nitrogens with two attached hydrogens (primary N) is 1. The van der Waals surface area contributed by atoms with Crippen LogP contribution in [0, 0.1) is 5.41 Å². The Balaban J connectivity index is 2.04. The van der Waals surface area contributed by atoms with Crippen molar-refractivity contribution >= 4 is 5.91 Å². The molecular weight excluding hydrogens is 216 g/mol. The minimum absolute atomic E-state index is 0.0259. The number of methoxy groups -OCH3 is 1. The molecule has 1 aliphatic carbocycles. The van der Waals surface area contributed by atoms with Crippen LogP contribution >= 0.6 is 0 Å². The molecule has 2 rings (SSSR count). The monoisotopic (exact) mass is 240 g/mol. The molecule has 0 aromatic carbocycles. The highest BCUT2D eigenvalue weighted by Crippen LogP contribution is 2.38. The second-order valence-corrected chi connectivity index (χ2v) is 5.67. The van der Waals surface area contributed by atoms with Crippen molar-refractivity contribution in [3.63, 3.8) is 0 Å². The summed E-state index contributed by atoms with van der Waals surface area (Å²) in [6.45, 7) is 3.63. The van der Waals surface area contributed by atoms with Crippen LogP contribution in [0.25, 0.3) is 0 Å². The molecule has 4 nitrogen and oxygen atoms in total. The normalized spacial score (nSPS) is 38.4. The molecule has 0 bridgehead atoms. The molecule has 0 radical (unpaired) electrons. The Labute approximate surface area is 103 Å². The maximum Gasteiger partial charge on any atom is 0.230 e. The van der Waals surface area contributed by atoms with Gasteiger partial charge in [0.25, 0.3) is 0 Å². The van der Waals surface area contributed by atoms with Gasteiger partial charge in [0.2, 0.25) is 5.91 Å². The van der Waals surface area contributed by atoms with E-state index in [1.807, 2.05) is 11.8 Å². The van der Waals surface area contributed by atoms with Gasteiger partial charge in [-0.2, -0.15) is 0 Å². The van der Waals surface area contributed by atoms with Crippen molar-refractivity contribution in [2.75, 3.05) is 20.2 Å². The van der Waals surface area contributed by atoms with Crippen LogP contribution in [0.3, 0.4) is 0 Å². The zero-order valence-corrected chi connectivity index (χ0v) is 10.9. The SMILES string of the molecule is COC1CCCN(C(=O)C2(C)CCCC2N)C1. The van der Waals surface area contributed by atoms with E-state index in [0.29, 0.717) is 0 Å². The number of carbonyl (C=O) groups excluding carboxylic acids is 1. The molecule has 2 aliphatic rings. The zero-order chi connectivity index (χ0) is 12.5. The van der Waals surface area contributed by atoms with E-state index in [0.717, 1.165) is 45.2 Å². The number of hydrogen-bond acceptors (Lipinski definition) is 3. The van der Waals surface area contributed by atoms with Gasteiger partial charge in [0.15, 0.2) is 0 Å². The van der Waals surface area contributed by atoms with E-state index in [4.69, 9.17) is 10.5 Å². The van der Waals surface area contributed by atoms with Crippen LogP contribution in [0.15, 0.2) is 0 Å². The second kappa shape index (κ2) is 4.94. The molecule has 1 aliphatic heterocycles. The summed E-state index contributed by atoms with van der Waals surface area (Å²) in [5.41, 5.74) is 5.77. The van der Waals surface area contributed by atoms with Gasteiger partial charge < -0.3 is 15.4 Å². The fourth-order valence-corrected chi connectivity index (χ4v) is 3.13. The molecule has 17 heavy (non-hydrogen) atoms. The molecule has 98 valence electrons. The van der Waals surface area contributed by atoms with Gasteiger partial charge in [-0.25, -0.2) is 0 Å². The highest BCUT2D eigenvalue weighted by atomic mass is 16.5. The highest BCUT2D eigenvalue weighted by molar-refractivity contribution is 5.83. The van der Waals surface area contributed by atoms with Crippen molar-refractivity contribution < 1.29 is 9.53 Å². The number of amides is 1. The molecule has 1 heterocycles. The van der Waals surface area contributed by atoms with Crippen LogP contribution in [0.2, 0.25) is 0 Å². The van der Waals surface area contributed by atoms with Crippen LogP contribution in [-0.4, -0.2) is 43.2 Å². The first-order valence-corrected chi connectivity index (χ1v) is 6.65.